The van der Waals surface area contributed by atoms with E-state index in [0.717, 1.165) is 24.8 Å². The van der Waals surface area contributed by atoms with Crippen LogP contribution in [0.25, 0.3) is 0 Å². The molecule has 8 atom stereocenters. The molecule has 184 valence electrons. The van der Waals surface area contributed by atoms with E-state index in [0.29, 0.717) is 11.8 Å². The molecule has 1 saturated carbocycles. The van der Waals surface area contributed by atoms with Crippen LogP contribution >= 0.6 is 0 Å². The van der Waals surface area contributed by atoms with Crippen LogP contribution in [0.3, 0.4) is 0 Å². The highest BCUT2D eigenvalue weighted by molar-refractivity contribution is 5.73. The van der Waals surface area contributed by atoms with E-state index in [1.54, 1.807) is 12.1 Å². The molecule has 1 aromatic rings. The summed E-state index contributed by atoms with van der Waals surface area (Å²) in [6.45, 7) is 6.35. The predicted molar refractivity (Wildman–Crippen MR) is 118 cm³/mol. The Kier molecular flexibility index (Phi) is 8.69. The number of hydrogen-bond acceptors (Lipinski definition) is 7. The number of amides is 1. The van der Waals surface area contributed by atoms with Crippen molar-refractivity contribution in [1.29, 1.82) is 0 Å². The van der Waals surface area contributed by atoms with Crippen molar-refractivity contribution in [2.45, 2.75) is 83.4 Å². The van der Waals surface area contributed by atoms with E-state index in [9.17, 15) is 24.9 Å². The number of ether oxygens (including phenoxy) is 3. The first-order valence-electron chi connectivity index (χ1n) is 11.5. The topological polar surface area (TPSA) is 135 Å². The zero-order chi connectivity index (χ0) is 24.1. The minimum absolute atomic E-state index is 0.0116. The van der Waals surface area contributed by atoms with Gasteiger partial charge in [-0.25, -0.2) is 9.59 Å². The summed E-state index contributed by atoms with van der Waals surface area (Å²) in [6.07, 6.45) is -4.59. The lowest BCUT2D eigenvalue weighted by Gasteiger charge is -2.45. The van der Waals surface area contributed by atoms with E-state index in [1.165, 1.54) is 0 Å². The number of carboxylic acids is 1. The smallest absolute Gasteiger partial charge is 0.407 e. The Morgan fingerprint density at radius 2 is 1.85 bits per heavy atom. The van der Waals surface area contributed by atoms with Gasteiger partial charge in [0.15, 0.2) is 12.4 Å². The molecule has 1 aliphatic carbocycles. The lowest BCUT2D eigenvalue weighted by atomic mass is 9.75. The van der Waals surface area contributed by atoms with E-state index in [2.05, 4.69) is 26.1 Å². The molecular weight excluding hydrogens is 430 g/mol. The Balaban J connectivity index is 1.74. The molecule has 9 heteroatoms. The van der Waals surface area contributed by atoms with Crippen molar-refractivity contribution < 1.29 is 39.1 Å². The van der Waals surface area contributed by atoms with Gasteiger partial charge in [-0.3, -0.25) is 0 Å². The molecule has 0 radical (unpaired) electrons. The van der Waals surface area contributed by atoms with Crippen LogP contribution in [0.1, 0.15) is 45.6 Å². The van der Waals surface area contributed by atoms with Gasteiger partial charge in [0, 0.05) is 0 Å². The van der Waals surface area contributed by atoms with Gasteiger partial charge in [0.1, 0.15) is 24.9 Å². The Labute approximate surface area is 194 Å². The standard InChI is InChI=1S/C24H35NO8/c1-13(2)16-10-9-14(3)11-17(16)32-23-18(19(26)20(27)21(33-23)22(28)29)25-24(30)31-12-15-7-5-4-6-8-15/h4-8,13-14,16-21,23,26-27H,9-12H2,1-3H3,(H,25,30)(H,28,29)/t14-,16-,17-,18+,19+,20-,21-,23+/m0/s1. The molecule has 2 fully saturated rings. The van der Waals surface area contributed by atoms with Gasteiger partial charge in [0.2, 0.25) is 0 Å². The quantitative estimate of drug-likeness (QED) is 0.482. The third-order valence-corrected chi connectivity index (χ3v) is 6.61. The summed E-state index contributed by atoms with van der Waals surface area (Å²) in [6, 6.07) is 7.88. The summed E-state index contributed by atoms with van der Waals surface area (Å²) in [7, 11) is 0. The number of carboxylic acid groups (broad SMARTS) is 1. The molecule has 0 spiro atoms. The van der Waals surface area contributed by atoms with Gasteiger partial charge in [0.05, 0.1) is 6.10 Å². The van der Waals surface area contributed by atoms with Crippen molar-refractivity contribution >= 4 is 12.1 Å². The monoisotopic (exact) mass is 465 g/mol. The molecule has 1 aliphatic heterocycles. The number of benzene rings is 1. The largest absolute Gasteiger partial charge is 0.479 e. The third-order valence-electron chi connectivity index (χ3n) is 6.61. The molecule has 0 unspecified atom stereocenters. The highest BCUT2D eigenvalue weighted by atomic mass is 16.7. The number of rotatable bonds is 7. The maximum absolute atomic E-state index is 12.5. The SMILES string of the molecule is CC(C)[C@@H]1CC[C@H](C)C[C@@H]1O[C@@H]1O[C@H](C(=O)O)[C@@H](O)[C@H](O)[C@H]1NC(=O)OCc1ccccc1. The van der Waals surface area contributed by atoms with Crippen LogP contribution < -0.4 is 5.32 Å². The number of carbonyl (C=O) groups excluding carboxylic acids is 1. The van der Waals surface area contributed by atoms with E-state index >= 15 is 0 Å². The van der Waals surface area contributed by atoms with E-state index in [-0.39, 0.29) is 18.6 Å². The van der Waals surface area contributed by atoms with Crippen molar-refractivity contribution in [3.63, 3.8) is 0 Å². The van der Waals surface area contributed by atoms with Crippen molar-refractivity contribution in [3.8, 4) is 0 Å². The number of aliphatic hydroxyl groups is 2. The summed E-state index contributed by atoms with van der Waals surface area (Å²) >= 11 is 0. The highest BCUT2D eigenvalue weighted by Gasteiger charge is 2.50. The molecule has 33 heavy (non-hydrogen) atoms. The van der Waals surface area contributed by atoms with Crippen LogP contribution in [0, 0.1) is 17.8 Å². The molecule has 9 nitrogen and oxygen atoms in total. The van der Waals surface area contributed by atoms with Crippen molar-refractivity contribution in [2.24, 2.45) is 17.8 Å². The molecular formula is C24H35NO8. The number of carbonyl (C=O) groups is 2. The van der Waals surface area contributed by atoms with Crippen LogP contribution in [-0.2, 0) is 25.6 Å². The predicted octanol–water partition coefficient (Wildman–Crippen LogP) is 2.29. The van der Waals surface area contributed by atoms with Crippen molar-refractivity contribution in [1.82, 2.24) is 5.32 Å². The lowest BCUT2D eigenvalue weighted by Crippen LogP contribution is -2.66. The lowest BCUT2D eigenvalue weighted by molar-refractivity contribution is -0.284. The highest BCUT2D eigenvalue weighted by Crippen LogP contribution is 2.37. The Bertz CT molecular complexity index is 788. The third kappa shape index (κ3) is 6.44. The van der Waals surface area contributed by atoms with Crippen molar-refractivity contribution in [3.05, 3.63) is 35.9 Å². The summed E-state index contributed by atoms with van der Waals surface area (Å²) in [5.41, 5.74) is 0.780. The zero-order valence-corrected chi connectivity index (χ0v) is 19.3. The van der Waals surface area contributed by atoms with Crippen LogP contribution in [0.2, 0.25) is 0 Å². The van der Waals surface area contributed by atoms with Gasteiger partial charge in [-0.2, -0.15) is 0 Å². The van der Waals surface area contributed by atoms with E-state index in [4.69, 9.17) is 14.2 Å². The first-order chi connectivity index (χ1) is 15.7. The van der Waals surface area contributed by atoms with Crippen LogP contribution in [-0.4, -0.2) is 64.1 Å². The number of nitrogens with one attached hydrogen (secondary N) is 1. The first-order valence-corrected chi connectivity index (χ1v) is 11.5. The van der Waals surface area contributed by atoms with Crippen LogP contribution in [0.15, 0.2) is 30.3 Å². The van der Waals surface area contributed by atoms with Gasteiger partial charge in [-0.15, -0.1) is 0 Å². The van der Waals surface area contributed by atoms with Gasteiger partial charge < -0.3 is 34.8 Å². The molecule has 0 bridgehead atoms. The first kappa shape index (κ1) is 25.4. The van der Waals surface area contributed by atoms with Gasteiger partial charge in [-0.05, 0) is 36.2 Å². The van der Waals surface area contributed by atoms with Crippen LogP contribution in [0.5, 0.6) is 0 Å². The zero-order valence-electron chi connectivity index (χ0n) is 19.3. The molecule has 4 N–H and O–H groups in total. The van der Waals surface area contributed by atoms with Gasteiger partial charge in [0.25, 0.3) is 0 Å². The minimum atomic E-state index is -1.74. The Morgan fingerprint density at radius 3 is 2.48 bits per heavy atom. The molecule has 1 saturated heterocycles. The van der Waals surface area contributed by atoms with Gasteiger partial charge in [-0.1, -0.05) is 57.5 Å². The second kappa shape index (κ2) is 11.3. The fourth-order valence-corrected chi connectivity index (χ4v) is 4.68. The summed E-state index contributed by atoms with van der Waals surface area (Å²) in [5, 5.41) is 32.9. The fourth-order valence-electron chi connectivity index (χ4n) is 4.68. The molecule has 1 aromatic carbocycles. The summed E-state index contributed by atoms with van der Waals surface area (Å²) < 4.78 is 17.0. The van der Waals surface area contributed by atoms with Gasteiger partial charge >= 0.3 is 12.1 Å². The maximum atomic E-state index is 12.5. The second-order valence-electron chi connectivity index (χ2n) is 9.48. The number of aliphatic hydroxyl groups excluding tert-OH is 2. The fraction of sp³-hybridized carbons (Fsp3) is 0.667. The van der Waals surface area contributed by atoms with Crippen LogP contribution in [0.4, 0.5) is 4.79 Å². The molecule has 1 heterocycles. The summed E-state index contributed by atoms with van der Waals surface area (Å²) in [5.74, 6) is -0.443. The molecule has 3 rings (SSSR count). The van der Waals surface area contributed by atoms with E-state index < -0.39 is 42.7 Å². The average Bonchev–Trinajstić information content (AvgIpc) is 2.77. The van der Waals surface area contributed by atoms with E-state index in [1.807, 2.05) is 18.2 Å². The number of alkyl carbamates (subject to hydrolysis) is 1. The second-order valence-corrected chi connectivity index (χ2v) is 9.48. The number of aliphatic carboxylic acids is 1. The molecule has 2 aliphatic rings. The summed E-state index contributed by atoms with van der Waals surface area (Å²) in [4.78, 5) is 24.1. The molecule has 1 amide bonds. The Morgan fingerprint density at radius 1 is 1.15 bits per heavy atom. The van der Waals surface area contributed by atoms with Crippen molar-refractivity contribution in [2.75, 3.05) is 0 Å². The maximum Gasteiger partial charge on any atom is 0.407 e. The average molecular weight is 466 g/mol. The number of hydrogen-bond donors (Lipinski definition) is 4. The molecule has 0 aromatic heterocycles. The Hall–Kier alpha value is -2.20. The normalized spacial score (nSPS) is 34.6. The minimum Gasteiger partial charge on any atom is -0.479 e.